The Bertz CT molecular complexity index is 522. The van der Waals surface area contributed by atoms with Crippen LogP contribution < -0.4 is 5.73 Å². The van der Waals surface area contributed by atoms with E-state index >= 15 is 0 Å². The number of rotatable bonds is 1. The lowest BCUT2D eigenvalue weighted by Gasteiger charge is -2.16. The number of anilines is 1. The first-order valence-electron chi connectivity index (χ1n) is 5.63. The van der Waals surface area contributed by atoms with Crippen LogP contribution in [-0.4, -0.2) is 19.6 Å². The SMILES string of the molecule is Cn1cc(-c2cc(N)n(C)n2)c(C(C)(C)C)n1. The Kier molecular flexibility index (Phi) is 2.49. The fourth-order valence-corrected chi connectivity index (χ4v) is 1.84. The van der Waals surface area contributed by atoms with Gasteiger partial charge in [-0.1, -0.05) is 20.8 Å². The van der Waals surface area contributed by atoms with Crippen molar-refractivity contribution in [1.29, 1.82) is 0 Å². The molecule has 0 fully saturated rings. The van der Waals surface area contributed by atoms with E-state index in [1.165, 1.54) is 0 Å². The van der Waals surface area contributed by atoms with Crippen molar-refractivity contribution in [2.75, 3.05) is 5.73 Å². The summed E-state index contributed by atoms with van der Waals surface area (Å²) in [6.45, 7) is 6.43. The van der Waals surface area contributed by atoms with Gasteiger partial charge >= 0.3 is 0 Å². The molecule has 0 saturated carbocycles. The molecule has 0 aliphatic carbocycles. The normalized spacial score (nSPS) is 12.1. The lowest BCUT2D eigenvalue weighted by Crippen LogP contribution is -2.13. The number of aryl methyl sites for hydroxylation is 2. The molecule has 0 amide bonds. The molecule has 2 aromatic rings. The van der Waals surface area contributed by atoms with Gasteiger partial charge in [-0.05, 0) is 0 Å². The maximum Gasteiger partial charge on any atom is 0.121 e. The Morgan fingerprint density at radius 3 is 2.29 bits per heavy atom. The van der Waals surface area contributed by atoms with Crippen molar-refractivity contribution in [3.63, 3.8) is 0 Å². The first kappa shape index (κ1) is 11.7. The van der Waals surface area contributed by atoms with Crippen molar-refractivity contribution in [1.82, 2.24) is 19.6 Å². The van der Waals surface area contributed by atoms with E-state index in [4.69, 9.17) is 5.73 Å². The smallest absolute Gasteiger partial charge is 0.121 e. The third kappa shape index (κ3) is 2.05. The molecule has 2 heterocycles. The number of nitrogens with zero attached hydrogens (tertiary/aromatic N) is 4. The predicted molar refractivity (Wildman–Crippen MR) is 68.5 cm³/mol. The highest BCUT2D eigenvalue weighted by atomic mass is 15.3. The number of aromatic nitrogens is 4. The van der Waals surface area contributed by atoms with Crippen molar-refractivity contribution in [3.05, 3.63) is 18.0 Å². The lowest BCUT2D eigenvalue weighted by molar-refractivity contribution is 0.554. The molecule has 5 heteroatoms. The third-order valence-corrected chi connectivity index (χ3v) is 2.73. The van der Waals surface area contributed by atoms with Crippen LogP contribution in [-0.2, 0) is 19.5 Å². The van der Waals surface area contributed by atoms with Crippen molar-refractivity contribution < 1.29 is 0 Å². The van der Waals surface area contributed by atoms with Gasteiger partial charge in [0.05, 0.1) is 11.4 Å². The minimum absolute atomic E-state index is 0.0110. The van der Waals surface area contributed by atoms with E-state index in [2.05, 4.69) is 31.0 Å². The Morgan fingerprint density at radius 1 is 1.18 bits per heavy atom. The van der Waals surface area contributed by atoms with E-state index in [1.807, 2.05) is 31.0 Å². The van der Waals surface area contributed by atoms with Crippen LogP contribution >= 0.6 is 0 Å². The molecule has 0 aliphatic heterocycles. The standard InChI is InChI=1S/C12H19N5/c1-12(2,3)11-8(7-16(4)15-11)9-6-10(13)17(5)14-9/h6-7H,13H2,1-5H3. The zero-order chi connectivity index (χ0) is 12.8. The second kappa shape index (κ2) is 3.61. The molecule has 0 unspecified atom stereocenters. The summed E-state index contributed by atoms with van der Waals surface area (Å²) in [6.07, 6.45) is 1.99. The molecule has 2 N–H and O–H groups in total. The Hall–Kier alpha value is -1.78. The summed E-state index contributed by atoms with van der Waals surface area (Å²) in [6, 6.07) is 1.88. The number of nitrogen functional groups attached to an aromatic ring is 1. The molecule has 2 rings (SSSR count). The number of hydrogen-bond acceptors (Lipinski definition) is 3. The molecule has 0 radical (unpaired) electrons. The predicted octanol–water partition coefficient (Wildman–Crippen LogP) is 1.70. The van der Waals surface area contributed by atoms with Gasteiger partial charge in [0.1, 0.15) is 5.82 Å². The topological polar surface area (TPSA) is 61.7 Å². The van der Waals surface area contributed by atoms with Gasteiger partial charge in [0.15, 0.2) is 0 Å². The van der Waals surface area contributed by atoms with Gasteiger partial charge in [0.25, 0.3) is 0 Å². The molecule has 0 saturated heterocycles. The van der Waals surface area contributed by atoms with Crippen molar-refractivity contribution in [2.45, 2.75) is 26.2 Å². The van der Waals surface area contributed by atoms with Gasteiger partial charge < -0.3 is 5.73 Å². The van der Waals surface area contributed by atoms with Crippen LogP contribution in [0.4, 0.5) is 5.82 Å². The highest BCUT2D eigenvalue weighted by Gasteiger charge is 2.24. The van der Waals surface area contributed by atoms with Crippen LogP contribution in [0.5, 0.6) is 0 Å². The molecule has 5 nitrogen and oxygen atoms in total. The molecule has 0 aromatic carbocycles. The minimum atomic E-state index is -0.0110. The Balaban J connectivity index is 2.59. The van der Waals surface area contributed by atoms with Gasteiger partial charge in [-0.3, -0.25) is 9.36 Å². The summed E-state index contributed by atoms with van der Waals surface area (Å²) in [5.41, 5.74) is 8.77. The monoisotopic (exact) mass is 233 g/mol. The molecule has 17 heavy (non-hydrogen) atoms. The summed E-state index contributed by atoms with van der Waals surface area (Å²) < 4.78 is 3.50. The van der Waals surface area contributed by atoms with E-state index in [9.17, 15) is 0 Å². The minimum Gasteiger partial charge on any atom is -0.384 e. The highest BCUT2D eigenvalue weighted by Crippen LogP contribution is 2.31. The summed E-state index contributed by atoms with van der Waals surface area (Å²) in [4.78, 5) is 0. The maximum atomic E-state index is 5.82. The zero-order valence-corrected chi connectivity index (χ0v) is 11.0. The van der Waals surface area contributed by atoms with Gasteiger partial charge in [0.2, 0.25) is 0 Å². The highest BCUT2D eigenvalue weighted by molar-refractivity contribution is 5.65. The molecule has 0 bridgehead atoms. The van der Waals surface area contributed by atoms with E-state index in [1.54, 1.807) is 4.68 Å². The van der Waals surface area contributed by atoms with Crippen LogP contribution in [0.2, 0.25) is 0 Å². The molecule has 0 spiro atoms. The van der Waals surface area contributed by atoms with Gasteiger partial charge in [-0.15, -0.1) is 0 Å². The molecule has 0 aliphatic rings. The largest absolute Gasteiger partial charge is 0.384 e. The van der Waals surface area contributed by atoms with Crippen LogP contribution in [0, 0.1) is 0 Å². The molecule has 0 atom stereocenters. The lowest BCUT2D eigenvalue weighted by atomic mass is 9.89. The van der Waals surface area contributed by atoms with E-state index in [0.29, 0.717) is 5.82 Å². The number of nitrogens with two attached hydrogens (primary N) is 1. The summed E-state index contributed by atoms with van der Waals surface area (Å²) in [5, 5.41) is 8.93. The average molecular weight is 233 g/mol. The van der Waals surface area contributed by atoms with Gasteiger partial charge in [-0.2, -0.15) is 10.2 Å². The van der Waals surface area contributed by atoms with Crippen LogP contribution in [0.25, 0.3) is 11.3 Å². The summed E-state index contributed by atoms with van der Waals surface area (Å²) in [7, 11) is 3.76. The van der Waals surface area contributed by atoms with Gasteiger partial charge in [-0.25, -0.2) is 0 Å². The van der Waals surface area contributed by atoms with Crippen LogP contribution in [0.3, 0.4) is 0 Å². The molecular formula is C12H19N5. The van der Waals surface area contributed by atoms with Crippen molar-refractivity contribution in [3.8, 4) is 11.3 Å². The quantitative estimate of drug-likeness (QED) is 0.815. The van der Waals surface area contributed by atoms with E-state index in [-0.39, 0.29) is 5.41 Å². The molecule has 92 valence electrons. The molecule has 2 aromatic heterocycles. The zero-order valence-electron chi connectivity index (χ0n) is 11.0. The van der Waals surface area contributed by atoms with E-state index in [0.717, 1.165) is 17.0 Å². The Morgan fingerprint density at radius 2 is 1.82 bits per heavy atom. The fourth-order valence-electron chi connectivity index (χ4n) is 1.84. The van der Waals surface area contributed by atoms with Crippen molar-refractivity contribution >= 4 is 5.82 Å². The van der Waals surface area contributed by atoms with Crippen molar-refractivity contribution in [2.24, 2.45) is 14.1 Å². The Labute approximate surface area is 101 Å². The van der Waals surface area contributed by atoms with E-state index < -0.39 is 0 Å². The average Bonchev–Trinajstić information content (AvgIpc) is 2.70. The first-order chi connectivity index (χ1) is 7.79. The molecular weight excluding hydrogens is 214 g/mol. The van der Waals surface area contributed by atoms with Crippen LogP contribution in [0.15, 0.2) is 12.3 Å². The maximum absolute atomic E-state index is 5.82. The third-order valence-electron chi connectivity index (χ3n) is 2.73. The second-order valence-electron chi connectivity index (χ2n) is 5.39. The summed E-state index contributed by atoms with van der Waals surface area (Å²) >= 11 is 0. The first-order valence-corrected chi connectivity index (χ1v) is 5.63. The summed E-state index contributed by atoms with van der Waals surface area (Å²) in [5.74, 6) is 0.656. The fraction of sp³-hybridized carbons (Fsp3) is 0.500. The number of hydrogen-bond donors (Lipinski definition) is 1. The second-order valence-corrected chi connectivity index (χ2v) is 5.39. The van der Waals surface area contributed by atoms with Gasteiger partial charge in [0, 0.05) is 37.3 Å². The van der Waals surface area contributed by atoms with Crippen LogP contribution in [0.1, 0.15) is 26.5 Å².